The quantitative estimate of drug-likeness (QED) is 0.829. The number of rotatable bonds is 5. The van der Waals surface area contributed by atoms with E-state index in [2.05, 4.69) is 9.55 Å². The van der Waals surface area contributed by atoms with Crippen LogP contribution < -0.4 is 0 Å². The van der Waals surface area contributed by atoms with Gasteiger partial charge in [-0.25, -0.2) is 4.98 Å². The van der Waals surface area contributed by atoms with Crippen LogP contribution in [0.1, 0.15) is 50.9 Å². The van der Waals surface area contributed by atoms with Gasteiger partial charge in [-0.15, -0.1) is 0 Å². The fourth-order valence-corrected chi connectivity index (χ4v) is 3.67. The highest BCUT2D eigenvalue weighted by molar-refractivity contribution is 5.80. The Balaban J connectivity index is 1.50. The number of hydrogen-bond donors (Lipinski definition) is 0. The van der Waals surface area contributed by atoms with E-state index in [0.29, 0.717) is 12.6 Å². The number of aromatic nitrogens is 2. The van der Waals surface area contributed by atoms with Crippen molar-refractivity contribution in [1.82, 2.24) is 14.5 Å². The topological polar surface area (TPSA) is 56.6 Å². The summed E-state index contributed by atoms with van der Waals surface area (Å²) in [5, 5.41) is 0. The molecule has 3 atom stereocenters. The van der Waals surface area contributed by atoms with Crippen molar-refractivity contribution in [3.8, 4) is 0 Å². The van der Waals surface area contributed by atoms with Gasteiger partial charge in [0.15, 0.2) is 0 Å². The monoisotopic (exact) mass is 335 g/mol. The summed E-state index contributed by atoms with van der Waals surface area (Å²) in [5.41, 5.74) is 0. The molecule has 3 unspecified atom stereocenters. The molecule has 1 aromatic rings. The maximum absolute atomic E-state index is 12.7. The molecular weight excluding hydrogens is 306 g/mol. The van der Waals surface area contributed by atoms with Gasteiger partial charge in [0.25, 0.3) is 5.91 Å². The second-order valence-electron chi connectivity index (χ2n) is 6.93. The van der Waals surface area contributed by atoms with Gasteiger partial charge in [-0.2, -0.15) is 0 Å². The molecule has 24 heavy (non-hydrogen) atoms. The number of imidazole rings is 1. The molecule has 1 aromatic heterocycles. The third-order valence-electron chi connectivity index (χ3n) is 5.12. The van der Waals surface area contributed by atoms with Crippen LogP contribution in [0.2, 0.25) is 0 Å². The first-order chi connectivity index (χ1) is 11.6. The second-order valence-corrected chi connectivity index (χ2v) is 6.93. The molecule has 0 N–H and O–H groups in total. The Bertz CT molecular complexity index is 539. The largest absolute Gasteiger partial charge is 0.376 e. The smallest absolute Gasteiger partial charge is 0.251 e. The lowest BCUT2D eigenvalue weighted by Crippen LogP contribution is -2.46. The van der Waals surface area contributed by atoms with Crippen LogP contribution >= 0.6 is 0 Å². The van der Waals surface area contributed by atoms with Gasteiger partial charge in [0, 0.05) is 32.1 Å². The van der Waals surface area contributed by atoms with Gasteiger partial charge in [-0.1, -0.05) is 0 Å². The third-order valence-corrected chi connectivity index (χ3v) is 5.12. The lowest BCUT2D eigenvalue weighted by molar-refractivity contribution is -0.147. The van der Waals surface area contributed by atoms with Gasteiger partial charge >= 0.3 is 0 Å². The summed E-state index contributed by atoms with van der Waals surface area (Å²) in [6.07, 6.45) is 9.04. The van der Waals surface area contributed by atoms with Crippen LogP contribution in [0.3, 0.4) is 0 Å². The minimum atomic E-state index is -0.404. The predicted octanol–water partition coefficient (Wildman–Crippen LogP) is 2.33. The van der Waals surface area contributed by atoms with Crippen LogP contribution in [0.5, 0.6) is 0 Å². The number of ether oxygens (including phenoxy) is 2. The van der Waals surface area contributed by atoms with E-state index in [-0.39, 0.29) is 12.0 Å². The maximum atomic E-state index is 12.7. The summed E-state index contributed by atoms with van der Waals surface area (Å²) in [5.74, 6) is 1.10. The Hall–Kier alpha value is -1.40. The van der Waals surface area contributed by atoms with E-state index in [1.807, 2.05) is 31.1 Å². The molecule has 0 aromatic carbocycles. The van der Waals surface area contributed by atoms with E-state index in [4.69, 9.17) is 9.47 Å². The van der Waals surface area contributed by atoms with Gasteiger partial charge in [0.05, 0.1) is 18.8 Å². The van der Waals surface area contributed by atoms with Gasteiger partial charge in [0.2, 0.25) is 0 Å². The Labute approximate surface area is 144 Å². The second kappa shape index (κ2) is 8.12. The molecule has 2 saturated heterocycles. The van der Waals surface area contributed by atoms with E-state index in [0.717, 1.165) is 51.2 Å². The third kappa shape index (κ3) is 4.16. The van der Waals surface area contributed by atoms with Gasteiger partial charge in [0.1, 0.15) is 11.9 Å². The first kappa shape index (κ1) is 17.4. The first-order valence-electron chi connectivity index (χ1n) is 9.16. The summed E-state index contributed by atoms with van der Waals surface area (Å²) in [7, 11) is 0. The Morgan fingerprint density at radius 1 is 1.42 bits per heavy atom. The zero-order valence-electron chi connectivity index (χ0n) is 14.8. The lowest BCUT2D eigenvalue weighted by Gasteiger charge is -2.35. The van der Waals surface area contributed by atoms with Crippen LogP contribution in [0, 0.1) is 6.92 Å². The van der Waals surface area contributed by atoms with Gasteiger partial charge < -0.3 is 18.9 Å². The maximum Gasteiger partial charge on any atom is 0.251 e. The Morgan fingerprint density at radius 3 is 3.00 bits per heavy atom. The van der Waals surface area contributed by atoms with E-state index in [9.17, 15) is 4.79 Å². The number of aryl methyl sites for hydroxylation is 1. The number of amides is 1. The molecule has 134 valence electrons. The molecule has 3 heterocycles. The van der Waals surface area contributed by atoms with Crippen molar-refractivity contribution < 1.29 is 14.3 Å². The molecule has 2 aliphatic rings. The number of carbonyl (C=O) groups excluding carboxylic acids is 1. The van der Waals surface area contributed by atoms with E-state index in [1.54, 1.807) is 0 Å². The highest BCUT2D eigenvalue weighted by Crippen LogP contribution is 2.23. The molecule has 2 fully saturated rings. The van der Waals surface area contributed by atoms with Crippen molar-refractivity contribution in [2.24, 2.45) is 0 Å². The van der Waals surface area contributed by atoms with E-state index < -0.39 is 6.10 Å². The van der Waals surface area contributed by atoms with Crippen molar-refractivity contribution in [3.63, 3.8) is 0 Å². The zero-order chi connectivity index (χ0) is 16.9. The highest BCUT2D eigenvalue weighted by atomic mass is 16.5. The Kier molecular flexibility index (Phi) is 5.89. The number of piperidine rings is 1. The number of hydrogen-bond acceptors (Lipinski definition) is 4. The van der Waals surface area contributed by atoms with Crippen LogP contribution in [0.25, 0.3) is 0 Å². The molecule has 0 aliphatic carbocycles. The SMILES string of the molecule is Cc1nccn1C1CCCN(C(=O)C(C)OCC2CCCCO2)C1. The summed E-state index contributed by atoms with van der Waals surface area (Å²) in [6.45, 7) is 6.76. The standard InChI is InChI=1S/C18H29N3O3/c1-14(24-13-17-7-3-4-11-23-17)18(22)20-9-5-6-16(12-20)21-10-8-19-15(21)2/h8,10,14,16-17H,3-7,9,11-13H2,1-2H3. The van der Waals surface area contributed by atoms with Crippen LogP contribution in [0.15, 0.2) is 12.4 Å². The Morgan fingerprint density at radius 2 is 2.29 bits per heavy atom. The van der Waals surface area contributed by atoms with Crippen LogP contribution in [-0.2, 0) is 14.3 Å². The normalized spacial score (nSPS) is 26.3. The molecular formula is C18H29N3O3. The predicted molar refractivity (Wildman–Crippen MR) is 90.8 cm³/mol. The molecule has 0 bridgehead atoms. The minimum Gasteiger partial charge on any atom is -0.376 e. The summed E-state index contributed by atoms with van der Waals surface area (Å²) in [6, 6.07) is 0.319. The number of carbonyl (C=O) groups is 1. The lowest BCUT2D eigenvalue weighted by atomic mass is 10.0. The van der Waals surface area contributed by atoms with Gasteiger partial charge in [-0.05, 0) is 46.0 Å². The molecule has 3 rings (SSSR count). The van der Waals surface area contributed by atoms with Crippen LogP contribution in [0.4, 0.5) is 0 Å². The zero-order valence-corrected chi connectivity index (χ0v) is 14.8. The molecule has 0 radical (unpaired) electrons. The molecule has 6 nitrogen and oxygen atoms in total. The fourth-order valence-electron chi connectivity index (χ4n) is 3.67. The van der Waals surface area contributed by atoms with E-state index >= 15 is 0 Å². The minimum absolute atomic E-state index is 0.0910. The molecule has 6 heteroatoms. The van der Waals surface area contributed by atoms with Gasteiger partial charge in [-0.3, -0.25) is 4.79 Å². The van der Waals surface area contributed by atoms with Crippen molar-refractivity contribution in [3.05, 3.63) is 18.2 Å². The number of likely N-dealkylation sites (tertiary alicyclic amines) is 1. The van der Waals surface area contributed by atoms with Crippen molar-refractivity contribution in [2.75, 3.05) is 26.3 Å². The summed E-state index contributed by atoms with van der Waals surface area (Å²) < 4.78 is 13.7. The molecule has 2 aliphatic heterocycles. The average Bonchev–Trinajstić information content (AvgIpc) is 3.06. The van der Waals surface area contributed by atoms with E-state index in [1.165, 1.54) is 6.42 Å². The summed E-state index contributed by atoms with van der Waals surface area (Å²) >= 11 is 0. The summed E-state index contributed by atoms with van der Waals surface area (Å²) in [4.78, 5) is 18.9. The first-order valence-corrected chi connectivity index (χ1v) is 9.16. The van der Waals surface area contributed by atoms with Crippen molar-refractivity contribution in [1.29, 1.82) is 0 Å². The molecule has 0 saturated carbocycles. The average molecular weight is 335 g/mol. The molecule has 0 spiro atoms. The van der Waals surface area contributed by atoms with Crippen molar-refractivity contribution in [2.45, 2.75) is 64.2 Å². The fraction of sp³-hybridized carbons (Fsp3) is 0.778. The van der Waals surface area contributed by atoms with Crippen LogP contribution in [-0.4, -0.2) is 58.9 Å². The van der Waals surface area contributed by atoms with Crippen molar-refractivity contribution >= 4 is 5.91 Å². The highest BCUT2D eigenvalue weighted by Gasteiger charge is 2.29. The molecule has 1 amide bonds. The number of nitrogens with zero attached hydrogens (tertiary/aromatic N) is 3.